The van der Waals surface area contributed by atoms with E-state index in [0.29, 0.717) is 11.4 Å². The normalized spacial score (nSPS) is 12.3. The molecule has 32 heavy (non-hydrogen) atoms. The molecule has 2 amide bonds. The van der Waals surface area contributed by atoms with Crippen LogP contribution in [0.15, 0.2) is 18.2 Å². The summed E-state index contributed by atoms with van der Waals surface area (Å²) in [6.07, 6.45) is -4.52. The van der Waals surface area contributed by atoms with Gasteiger partial charge in [-0.25, -0.2) is 9.97 Å². The molecule has 2 heterocycles. The summed E-state index contributed by atoms with van der Waals surface area (Å²) in [5.74, 6) is -1.51. The van der Waals surface area contributed by atoms with Gasteiger partial charge in [0, 0.05) is 17.7 Å². The van der Waals surface area contributed by atoms with E-state index in [0.717, 1.165) is 6.07 Å². The second kappa shape index (κ2) is 10.2. The molecule has 0 aliphatic rings. The monoisotopic (exact) mass is 455 g/mol. The van der Waals surface area contributed by atoms with Crippen LogP contribution in [0.2, 0.25) is 0 Å². The van der Waals surface area contributed by atoms with Gasteiger partial charge in [-0.1, -0.05) is 13.8 Å². The largest absolute Gasteiger partial charge is 0.480 e. The van der Waals surface area contributed by atoms with E-state index >= 15 is 0 Å². The number of pyridine rings is 1. The highest BCUT2D eigenvalue weighted by Crippen LogP contribution is 2.23. The van der Waals surface area contributed by atoms with Crippen molar-refractivity contribution in [1.29, 1.82) is 0 Å². The number of nitrogens with one attached hydrogen (secondary N) is 2. The van der Waals surface area contributed by atoms with E-state index in [1.807, 2.05) is 0 Å². The van der Waals surface area contributed by atoms with Gasteiger partial charge < -0.3 is 14.8 Å². The minimum Gasteiger partial charge on any atom is -0.480 e. The standard InChI is InChI=1S/C20H24F3N5O4/c1-10(2)16(29)28-19-24-11(3)8-14(26-19)12(4)25-17(30)13-6-7-15(27-18(13)31-5)32-9-20(21,22)23/h6-8,10,12H,9H2,1-5H3,(H,25,30)(H,24,26,28,29). The van der Waals surface area contributed by atoms with Crippen molar-refractivity contribution in [3.05, 3.63) is 35.2 Å². The van der Waals surface area contributed by atoms with Crippen molar-refractivity contribution in [3.8, 4) is 11.8 Å². The molecule has 0 bridgehead atoms. The SMILES string of the molecule is COc1nc(OCC(F)(F)F)ccc1C(=O)NC(C)c1cc(C)nc(NC(=O)C(C)C)n1. The van der Waals surface area contributed by atoms with E-state index in [9.17, 15) is 22.8 Å². The molecule has 0 spiro atoms. The number of aryl methyl sites for hydroxylation is 1. The topological polar surface area (TPSA) is 115 Å². The first kappa shape index (κ1) is 24.8. The zero-order valence-electron chi connectivity index (χ0n) is 18.2. The van der Waals surface area contributed by atoms with Crippen molar-refractivity contribution in [2.75, 3.05) is 19.0 Å². The fourth-order valence-electron chi connectivity index (χ4n) is 2.46. The van der Waals surface area contributed by atoms with Crippen molar-refractivity contribution < 1.29 is 32.2 Å². The number of ether oxygens (including phenoxy) is 2. The molecule has 0 aliphatic heterocycles. The summed E-state index contributed by atoms with van der Waals surface area (Å²) in [5.41, 5.74) is 1.03. The van der Waals surface area contributed by atoms with Gasteiger partial charge in [0.1, 0.15) is 5.56 Å². The molecule has 12 heteroatoms. The van der Waals surface area contributed by atoms with Gasteiger partial charge in [0.15, 0.2) is 6.61 Å². The van der Waals surface area contributed by atoms with Crippen molar-refractivity contribution in [3.63, 3.8) is 0 Å². The fourth-order valence-corrected chi connectivity index (χ4v) is 2.46. The Balaban J connectivity index is 2.16. The summed E-state index contributed by atoms with van der Waals surface area (Å²) in [6, 6.07) is 3.45. The van der Waals surface area contributed by atoms with E-state index in [1.165, 1.54) is 13.2 Å². The van der Waals surface area contributed by atoms with Gasteiger partial charge in [-0.2, -0.15) is 18.2 Å². The second-order valence-electron chi connectivity index (χ2n) is 7.21. The molecule has 0 fully saturated rings. The maximum absolute atomic E-state index is 12.7. The number of carbonyl (C=O) groups is 2. The third kappa shape index (κ3) is 7.06. The Kier molecular flexibility index (Phi) is 7.95. The molecular formula is C20H24F3N5O4. The average Bonchev–Trinajstić information content (AvgIpc) is 2.70. The predicted molar refractivity (Wildman–Crippen MR) is 108 cm³/mol. The van der Waals surface area contributed by atoms with Crippen LogP contribution >= 0.6 is 0 Å². The summed E-state index contributed by atoms with van der Waals surface area (Å²) in [6.45, 7) is 5.34. The molecule has 2 rings (SSSR count). The highest BCUT2D eigenvalue weighted by molar-refractivity contribution is 5.96. The number of anilines is 1. The summed E-state index contributed by atoms with van der Waals surface area (Å²) < 4.78 is 46.6. The highest BCUT2D eigenvalue weighted by atomic mass is 19.4. The van der Waals surface area contributed by atoms with Gasteiger partial charge >= 0.3 is 6.18 Å². The Labute approximate surface area is 182 Å². The molecule has 1 atom stereocenters. The predicted octanol–water partition coefficient (Wildman–Crippen LogP) is 3.22. The second-order valence-corrected chi connectivity index (χ2v) is 7.21. The summed E-state index contributed by atoms with van der Waals surface area (Å²) in [7, 11) is 1.23. The molecule has 9 nitrogen and oxygen atoms in total. The molecule has 0 aliphatic carbocycles. The number of aromatic nitrogens is 3. The molecule has 0 radical (unpaired) electrons. The number of halogens is 3. The Morgan fingerprint density at radius 1 is 1.12 bits per heavy atom. The smallest absolute Gasteiger partial charge is 0.422 e. The number of methoxy groups -OCH3 is 1. The highest BCUT2D eigenvalue weighted by Gasteiger charge is 2.29. The third-order valence-electron chi connectivity index (χ3n) is 4.08. The number of alkyl halides is 3. The van der Waals surface area contributed by atoms with Gasteiger partial charge in [-0.3, -0.25) is 14.9 Å². The maximum Gasteiger partial charge on any atom is 0.422 e. The third-order valence-corrected chi connectivity index (χ3v) is 4.08. The van der Waals surface area contributed by atoms with Crippen LogP contribution < -0.4 is 20.1 Å². The molecule has 0 aromatic carbocycles. The lowest BCUT2D eigenvalue weighted by molar-refractivity contribution is -0.154. The van der Waals surface area contributed by atoms with Gasteiger partial charge in [0.25, 0.3) is 5.91 Å². The maximum atomic E-state index is 12.7. The first-order valence-corrected chi connectivity index (χ1v) is 9.61. The summed E-state index contributed by atoms with van der Waals surface area (Å²) in [4.78, 5) is 36.9. The number of nitrogens with zero attached hydrogens (tertiary/aromatic N) is 3. The van der Waals surface area contributed by atoms with Crippen LogP contribution in [0.4, 0.5) is 19.1 Å². The number of hydrogen-bond acceptors (Lipinski definition) is 7. The van der Waals surface area contributed by atoms with Gasteiger partial charge in [-0.05, 0) is 26.0 Å². The summed E-state index contributed by atoms with van der Waals surface area (Å²) >= 11 is 0. The number of hydrogen-bond donors (Lipinski definition) is 2. The van der Waals surface area contributed by atoms with Crippen LogP contribution in [0.25, 0.3) is 0 Å². The van der Waals surface area contributed by atoms with Gasteiger partial charge in [0.2, 0.25) is 23.6 Å². The van der Waals surface area contributed by atoms with Crippen LogP contribution in [0.3, 0.4) is 0 Å². The molecule has 2 N–H and O–H groups in total. The van der Waals surface area contributed by atoms with Crippen molar-refractivity contribution in [1.82, 2.24) is 20.3 Å². The Bertz CT molecular complexity index is 982. The van der Waals surface area contributed by atoms with E-state index in [4.69, 9.17) is 4.74 Å². The first-order chi connectivity index (χ1) is 14.9. The van der Waals surface area contributed by atoms with Crippen molar-refractivity contribution in [2.45, 2.75) is 39.9 Å². The Morgan fingerprint density at radius 3 is 2.41 bits per heavy atom. The fraction of sp³-hybridized carbons (Fsp3) is 0.450. The van der Waals surface area contributed by atoms with Crippen LogP contribution in [0, 0.1) is 12.8 Å². The lowest BCUT2D eigenvalue weighted by Gasteiger charge is -2.17. The molecule has 0 saturated carbocycles. The van der Waals surface area contributed by atoms with Crippen LogP contribution in [0.5, 0.6) is 11.8 Å². The zero-order chi connectivity index (χ0) is 24.1. The first-order valence-electron chi connectivity index (χ1n) is 9.61. The van der Waals surface area contributed by atoms with E-state index in [1.54, 1.807) is 33.8 Å². The zero-order valence-corrected chi connectivity index (χ0v) is 18.2. The van der Waals surface area contributed by atoms with Crippen molar-refractivity contribution >= 4 is 17.8 Å². The van der Waals surface area contributed by atoms with Gasteiger partial charge in [0.05, 0.1) is 18.8 Å². The van der Waals surface area contributed by atoms with E-state index < -0.39 is 24.7 Å². The molecule has 174 valence electrons. The number of amides is 2. The van der Waals surface area contributed by atoms with E-state index in [-0.39, 0.29) is 35.1 Å². The number of carbonyl (C=O) groups excluding carboxylic acids is 2. The lowest BCUT2D eigenvalue weighted by atomic mass is 10.1. The van der Waals surface area contributed by atoms with Crippen LogP contribution in [-0.4, -0.2) is 46.7 Å². The van der Waals surface area contributed by atoms with Crippen LogP contribution in [-0.2, 0) is 4.79 Å². The molecule has 0 saturated heterocycles. The van der Waals surface area contributed by atoms with Crippen molar-refractivity contribution in [2.24, 2.45) is 5.92 Å². The summed E-state index contributed by atoms with van der Waals surface area (Å²) in [5, 5.41) is 5.32. The molecule has 1 unspecified atom stereocenters. The van der Waals surface area contributed by atoms with Gasteiger partial charge in [-0.15, -0.1) is 0 Å². The quantitative estimate of drug-likeness (QED) is 0.628. The Hall–Kier alpha value is -3.44. The lowest BCUT2D eigenvalue weighted by Crippen LogP contribution is -2.28. The molecular weight excluding hydrogens is 431 g/mol. The van der Waals surface area contributed by atoms with Crippen LogP contribution in [0.1, 0.15) is 48.6 Å². The Morgan fingerprint density at radius 2 is 1.81 bits per heavy atom. The number of rotatable bonds is 8. The van der Waals surface area contributed by atoms with E-state index in [2.05, 4.69) is 30.3 Å². The molecule has 2 aromatic rings. The average molecular weight is 455 g/mol. The minimum atomic E-state index is -4.52. The molecule has 2 aromatic heterocycles. The minimum absolute atomic E-state index is 0.00202.